The zero-order valence-corrected chi connectivity index (χ0v) is 17.1. The van der Waals surface area contributed by atoms with Gasteiger partial charge in [-0.25, -0.2) is 8.42 Å². The molecule has 10 heteroatoms. The van der Waals surface area contributed by atoms with Gasteiger partial charge in [-0.15, -0.1) is 0 Å². The molecular weight excluding hydrogens is 423 g/mol. The van der Waals surface area contributed by atoms with E-state index in [0.717, 1.165) is 19.5 Å². The van der Waals surface area contributed by atoms with E-state index >= 15 is 0 Å². The Labute approximate surface area is 167 Å². The molecule has 3 rings (SSSR count). The summed E-state index contributed by atoms with van der Waals surface area (Å²) in [6.07, 6.45) is 0.888. The molecule has 0 saturated carbocycles. The molecule has 0 aliphatic carbocycles. The topological polar surface area (TPSA) is 71.8 Å². The van der Waals surface area contributed by atoms with Crippen molar-refractivity contribution >= 4 is 50.5 Å². The SMILES string of the molecule is Cc1c(Cl)oc(Cl)c1S(=O)(=O)Nc1ccc(Cl)c(O[C@@H]2CCN(C)C2)c1. The largest absolute Gasteiger partial charge is 0.487 e. The number of anilines is 1. The lowest BCUT2D eigenvalue weighted by atomic mass is 10.3. The smallest absolute Gasteiger partial charge is 0.267 e. The molecular formula is C16H17Cl3N2O4S. The highest BCUT2D eigenvalue weighted by Gasteiger charge is 2.27. The molecule has 26 heavy (non-hydrogen) atoms. The maximum absolute atomic E-state index is 12.6. The Kier molecular flexibility index (Phi) is 5.65. The average molecular weight is 440 g/mol. The van der Waals surface area contributed by atoms with Crippen molar-refractivity contribution in [3.63, 3.8) is 0 Å². The molecule has 0 unspecified atom stereocenters. The second-order valence-electron chi connectivity index (χ2n) is 6.15. The van der Waals surface area contributed by atoms with E-state index in [9.17, 15) is 8.42 Å². The number of halogens is 3. The first-order valence-corrected chi connectivity index (χ1v) is 10.4. The van der Waals surface area contributed by atoms with Gasteiger partial charge in [0.2, 0.25) is 5.22 Å². The molecule has 1 atom stereocenters. The zero-order chi connectivity index (χ0) is 19.1. The monoisotopic (exact) mass is 438 g/mol. The lowest BCUT2D eigenvalue weighted by molar-refractivity contribution is 0.208. The maximum Gasteiger partial charge on any atom is 0.267 e. The minimum Gasteiger partial charge on any atom is -0.487 e. The Morgan fingerprint density at radius 2 is 2.00 bits per heavy atom. The van der Waals surface area contributed by atoms with Crippen molar-refractivity contribution in [3.8, 4) is 5.75 Å². The van der Waals surface area contributed by atoms with E-state index in [2.05, 4.69) is 9.62 Å². The third kappa shape index (κ3) is 4.07. The van der Waals surface area contributed by atoms with Crippen molar-refractivity contribution in [3.05, 3.63) is 39.2 Å². The van der Waals surface area contributed by atoms with E-state index in [0.29, 0.717) is 16.5 Å². The highest BCUT2D eigenvalue weighted by Crippen LogP contribution is 2.36. The van der Waals surface area contributed by atoms with Crippen LogP contribution in [0.3, 0.4) is 0 Å². The first-order chi connectivity index (χ1) is 12.2. The van der Waals surface area contributed by atoms with Gasteiger partial charge in [0.15, 0.2) is 5.22 Å². The summed E-state index contributed by atoms with van der Waals surface area (Å²) >= 11 is 17.9. The summed E-state index contributed by atoms with van der Waals surface area (Å²) in [6, 6.07) is 4.66. The zero-order valence-electron chi connectivity index (χ0n) is 14.1. The van der Waals surface area contributed by atoms with Gasteiger partial charge in [0.25, 0.3) is 10.0 Å². The summed E-state index contributed by atoms with van der Waals surface area (Å²) < 4.78 is 38.6. The van der Waals surface area contributed by atoms with E-state index < -0.39 is 10.0 Å². The number of benzene rings is 1. The molecule has 1 fully saturated rings. The van der Waals surface area contributed by atoms with Crippen LogP contribution in [0, 0.1) is 6.92 Å². The average Bonchev–Trinajstić information content (AvgIpc) is 3.05. The fourth-order valence-corrected chi connectivity index (χ4v) is 5.02. The van der Waals surface area contributed by atoms with Crippen LogP contribution in [0.15, 0.2) is 27.5 Å². The van der Waals surface area contributed by atoms with Crippen LogP contribution in [0.2, 0.25) is 15.5 Å². The van der Waals surface area contributed by atoms with Crippen molar-refractivity contribution in [1.29, 1.82) is 0 Å². The standard InChI is InChI=1S/C16H17Cl3N2O4S/c1-9-14(16(19)25-15(9)18)26(22,23)20-10-3-4-12(17)13(7-10)24-11-5-6-21(2)8-11/h3-4,7,11,20H,5-6,8H2,1-2H3/t11-/m1/s1. The van der Waals surface area contributed by atoms with E-state index in [1.807, 2.05) is 7.05 Å². The van der Waals surface area contributed by atoms with E-state index in [1.165, 1.54) is 6.92 Å². The van der Waals surface area contributed by atoms with Crippen LogP contribution < -0.4 is 9.46 Å². The molecule has 1 aliphatic rings. The molecule has 0 spiro atoms. The molecule has 1 aliphatic heterocycles. The van der Waals surface area contributed by atoms with Gasteiger partial charge in [0.1, 0.15) is 16.7 Å². The van der Waals surface area contributed by atoms with Crippen molar-refractivity contribution in [2.24, 2.45) is 0 Å². The van der Waals surface area contributed by atoms with Gasteiger partial charge in [-0.2, -0.15) is 0 Å². The summed E-state index contributed by atoms with van der Waals surface area (Å²) in [6.45, 7) is 3.24. The number of hydrogen-bond donors (Lipinski definition) is 1. The Balaban J connectivity index is 1.84. The van der Waals surface area contributed by atoms with Crippen molar-refractivity contribution in [1.82, 2.24) is 4.90 Å². The molecule has 2 heterocycles. The number of nitrogens with one attached hydrogen (secondary N) is 1. The first kappa shape index (κ1) is 19.6. The summed E-state index contributed by atoms with van der Waals surface area (Å²) in [7, 11) is -1.97. The van der Waals surface area contributed by atoms with Gasteiger partial charge < -0.3 is 14.1 Å². The van der Waals surface area contributed by atoms with Crippen molar-refractivity contribution < 1.29 is 17.6 Å². The van der Waals surface area contributed by atoms with Gasteiger partial charge in [-0.05, 0) is 55.7 Å². The van der Waals surface area contributed by atoms with Crippen LogP contribution >= 0.6 is 34.8 Å². The van der Waals surface area contributed by atoms with Gasteiger partial charge in [-0.1, -0.05) is 11.6 Å². The number of likely N-dealkylation sites (N-methyl/N-ethyl adjacent to an activating group) is 1. The van der Waals surface area contributed by atoms with E-state index in [-0.39, 0.29) is 27.0 Å². The highest BCUT2D eigenvalue weighted by molar-refractivity contribution is 7.92. The Morgan fingerprint density at radius 3 is 2.58 bits per heavy atom. The highest BCUT2D eigenvalue weighted by atomic mass is 35.5. The molecule has 1 N–H and O–H groups in total. The molecule has 2 aromatic rings. The van der Waals surface area contributed by atoms with Gasteiger partial charge in [0, 0.05) is 24.7 Å². The fourth-order valence-electron chi connectivity index (χ4n) is 2.78. The molecule has 6 nitrogen and oxygen atoms in total. The molecule has 1 aromatic heterocycles. The molecule has 1 saturated heterocycles. The molecule has 0 bridgehead atoms. The van der Waals surface area contributed by atoms with Gasteiger partial charge >= 0.3 is 0 Å². The number of rotatable bonds is 5. The third-order valence-corrected chi connectivity index (χ3v) is 6.67. The summed E-state index contributed by atoms with van der Waals surface area (Å²) in [5, 5.41) is 0.0448. The number of furan rings is 1. The predicted molar refractivity (Wildman–Crippen MR) is 102 cm³/mol. The van der Waals surface area contributed by atoms with Crippen LogP contribution in [0.1, 0.15) is 12.0 Å². The normalized spacial score (nSPS) is 18.3. The molecule has 142 valence electrons. The lowest BCUT2D eigenvalue weighted by Gasteiger charge is -2.16. The van der Waals surface area contributed by atoms with Gasteiger partial charge in [0.05, 0.1) is 10.7 Å². The van der Waals surface area contributed by atoms with Crippen LogP contribution in [0.4, 0.5) is 5.69 Å². The number of likely N-dealkylation sites (tertiary alicyclic amines) is 1. The predicted octanol–water partition coefficient (Wildman–Crippen LogP) is 4.43. The summed E-state index contributed by atoms with van der Waals surface area (Å²) in [4.78, 5) is 1.96. The quantitative estimate of drug-likeness (QED) is 0.746. The minimum atomic E-state index is -3.99. The summed E-state index contributed by atoms with van der Waals surface area (Å²) in [5.41, 5.74) is 0.534. The van der Waals surface area contributed by atoms with Gasteiger partial charge in [-0.3, -0.25) is 4.72 Å². The second-order valence-corrected chi connectivity index (χ2v) is 8.86. The van der Waals surface area contributed by atoms with Crippen LogP contribution in [-0.2, 0) is 10.0 Å². The third-order valence-electron chi connectivity index (χ3n) is 4.09. The minimum absolute atomic E-state index is 0.00808. The maximum atomic E-state index is 12.6. The Morgan fingerprint density at radius 1 is 1.27 bits per heavy atom. The van der Waals surface area contributed by atoms with Crippen molar-refractivity contribution in [2.45, 2.75) is 24.3 Å². The molecule has 1 aromatic carbocycles. The number of sulfonamides is 1. The lowest BCUT2D eigenvalue weighted by Crippen LogP contribution is -2.21. The van der Waals surface area contributed by atoms with E-state index in [4.69, 9.17) is 44.0 Å². The van der Waals surface area contributed by atoms with Crippen LogP contribution in [0.5, 0.6) is 5.75 Å². The Hall–Kier alpha value is -1.12. The second kappa shape index (κ2) is 7.48. The fraction of sp³-hybridized carbons (Fsp3) is 0.375. The van der Waals surface area contributed by atoms with Crippen molar-refractivity contribution in [2.75, 3.05) is 24.9 Å². The molecule has 0 amide bonds. The van der Waals surface area contributed by atoms with Crippen LogP contribution in [0.25, 0.3) is 0 Å². The number of hydrogen-bond acceptors (Lipinski definition) is 5. The number of ether oxygens (including phenoxy) is 1. The molecule has 0 radical (unpaired) electrons. The van der Waals surface area contributed by atoms with Crippen LogP contribution in [-0.4, -0.2) is 39.6 Å². The van der Waals surface area contributed by atoms with E-state index in [1.54, 1.807) is 18.2 Å². The summed E-state index contributed by atoms with van der Waals surface area (Å²) in [5.74, 6) is 0.417. The number of nitrogens with zero attached hydrogens (tertiary/aromatic N) is 1. The Bertz CT molecular complexity index is 930. The first-order valence-electron chi connectivity index (χ1n) is 7.79.